The number of ether oxygens (including phenoxy) is 3. The number of rotatable bonds is 32. The number of esters is 3. The van der Waals surface area contributed by atoms with Gasteiger partial charge in [0.2, 0.25) is 11.8 Å². The molecule has 97 heavy (non-hydrogen) atoms. The number of aromatic nitrogens is 4. The maximum atomic E-state index is 14.0. The van der Waals surface area contributed by atoms with Crippen LogP contribution >= 0.6 is 0 Å². The Kier molecular flexibility index (Phi) is 27.9. The molecule has 4 aromatic heterocycles. The number of nitrogens with zero attached hydrogens (tertiary/aromatic N) is 5. The summed E-state index contributed by atoms with van der Waals surface area (Å²) in [5.41, 5.74) is -3.46. The number of pyridine rings is 4. The van der Waals surface area contributed by atoms with E-state index in [2.05, 4.69) is 42.2 Å². The predicted octanol–water partition coefficient (Wildman–Crippen LogP) is 3.33. The number of nitrogens with one attached hydrogen (secondary N) is 7. The Morgan fingerprint density at radius 1 is 0.608 bits per heavy atom. The van der Waals surface area contributed by atoms with E-state index in [1.165, 1.54) is 44.3 Å². The Morgan fingerprint density at radius 3 is 1.68 bits per heavy atom. The van der Waals surface area contributed by atoms with Gasteiger partial charge in [-0.15, -0.1) is 0 Å². The number of likely N-dealkylation sites (N-methyl/N-ethyl adjacent to an activating group) is 1. The third-order valence-electron chi connectivity index (χ3n) is 14.4. The van der Waals surface area contributed by atoms with Gasteiger partial charge in [-0.05, 0) is 144 Å². The number of carboxylic acids is 1. The van der Waals surface area contributed by atoms with Crippen LogP contribution in [0.15, 0.2) is 76.4 Å². The van der Waals surface area contributed by atoms with Gasteiger partial charge >= 0.3 is 29.9 Å². The maximum Gasteiger partial charge on any atom is 0.329 e. The van der Waals surface area contributed by atoms with Crippen LogP contribution in [0.25, 0.3) is 10.9 Å². The van der Waals surface area contributed by atoms with Crippen LogP contribution < -0.4 is 48.3 Å². The van der Waals surface area contributed by atoms with Crippen LogP contribution in [-0.2, 0) is 69.0 Å². The van der Waals surface area contributed by atoms with Gasteiger partial charge in [-0.25, -0.2) is 14.4 Å². The zero-order valence-electron chi connectivity index (χ0n) is 56.9. The normalized spacial score (nSPS) is 12.5. The number of amides is 7. The lowest BCUT2D eigenvalue weighted by Crippen LogP contribution is -2.53. The fraction of sp³-hybridized carbons (Fsp3) is 0.493. The van der Waals surface area contributed by atoms with Gasteiger partial charge < -0.3 is 76.2 Å². The third-order valence-corrected chi connectivity index (χ3v) is 14.4. The summed E-state index contributed by atoms with van der Waals surface area (Å²) < 4.78 is 18.3. The number of carbonyl (C=O) groups excluding carboxylic acids is 9. The van der Waals surface area contributed by atoms with Crippen molar-refractivity contribution >= 4 is 70.3 Å². The molecule has 0 spiro atoms. The van der Waals surface area contributed by atoms with Crippen LogP contribution in [0.2, 0.25) is 0 Å². The fourth-order valence-electron chi connectivity index (χ4n) is 9.67. The summed E-state index contributed by atoms with van der Waals surface area (Å²) >= 11 is 0. The number of fused-ring (bicyclic) bond motifs is 1. The number of aliphatic carboxylic acids is 1. The summed E-state index contributed by atoms with van der Waals surface area (Å²) in [6.07, 6.45) is 1.53. The topological polar surface area (TPSA) is 416 Å². The van der Waals surface area contributed by atoms with E-state index in [1.54, 1.807) is 68.4 Å². The van der Waals surface area contributed by atoms with E-state index in [9.17, 15) is 67.7 Å². The van der Waals surface area contributed by atoms with E-state index in [-0.39, 0.29) is 99.6 Å². The Bertz CT molecular complexity index is 3810. The lowest BCUT2D eigenvalue weighted by atomic mass is 10.1. The summed E-state index contributed by atoms with van der Waals surface area (Å²) in [6.45, 7) is 19.6. The van der Waals surface area contributed by atoms with Gasteiger partial charge in [-0.1, -0.05) is 37.3 Å². The van der Waals surface area contributed by atoms with E-state index in [1.807, 2.05) is 42.2 Å². The van der Waals surface area contributed by atoms with Gasteiger partial charge in [0.1, 0.15) is 53.7 Å². The van der Waals surface area contributed by atoms with E-state index in [0.29, 0.717) is 29.7 Å². The Balaban J connectivity index is 1.15. The minimum absolute atomic E-state index is 0.0327. The number of carbonyl (C=O) groups is 10. The average Bonchev–Trinajstić information content (AvgIpc) is 0.816. The average molecular weight is 1350 g/mol. The second kappa shape index (κ2) is 34.9. The molecule has 0 radical (unpaired) electrons. The van der Waals surface area contributed by atoms with Gasteiger partial charge in [-0.3, -0.25) is 57.7 Å². The van der Waals surface area contributed by atoms with Crippen LogP contribution in [0.3, 0.4) is 0 Å². The highest BCUT2D eigenvalue weighted by Crippen LogP contribution is 2.19. The summed E-state index contributed by atoms with van der Waals surface area (Å²) in [5, 5.41) is 49.8. The second-order valence-electron chi connectivity index (χ2n) is 26.0. The third kappa shape index (κ3) is 25.1. The lowest BCUT2D eigenvalue weighted by molar-refractivity contribution is -0.159. The number of unbranched alkanes of at least 4 members (excludes halogenated alkanes) is 1. The molecule has 10 N–H and O–H groups in total. The number of para-hydroxylation sites is 1. The van der Waals surface area contributed by atoms with E-state index in [0.717, 1.165) is 14.5 Å². The zero-order valence-corrected chi connectivity index (χ0v) is 56.9. The molecule has 0 aliphatic heterocycles. The maximum absolute atomic E-state index is 14.0. The van der Waals surface area contributed by atoms with Crippen molar-refractivity contribution < 1.29 is 77.5 Å². The molecule has 0 aliphatic carbocycles. The molecule has 0 saturated carbocycles. The molecule has 0 fully saturated rings. The second-order valence-corrected chi connectivity index (χ2v) is 26.0. The van der Waals surface area contributed by atoms with Gasteiger partial charge in [0, 0.05) is 80.8 Å². The Labute approximate surface area is 561 Å². The molecule has 0 bridgehead atoms. The number of urea groups is 1. The molecule has 526 valence electrons. The van der Waals surface area contributed by atoms with Gasteiger partial charge in [0.15, 0.2) is 11.5 Å². The standard InChI is InChI=1S/C67H90N12O18/c1-13-77(31-29-70-57(87)45-33-40(3)79(38-52(81)82)61(91)55(45)85)30-28-69-56(86)44-32-39(2)78(60(90)54(44)84)37-51(80)72-36-41-21-24-47(71-35-41)59(89)74-50(34-43-23-22-42-18-14-15-19-46(42)73-43)58(88)68-27-17-16-20-48(62(92)96-66(7,8)9)75-64(94)76-49(63(93)97-67(10,11)12)25-26-53(83)95-65(4,5)6/h14-15,18-19,21-24,32-33,35,48-50,84-85H,13,16-17,20,25-31,34,36-38H2,1-12H3,(H,68,88)(H,69,86)(H,70,87)(H,72,80)(H,74,89)(H,81,82)(H2,75,76,94)/t48-,49-,50-/m0/s1. The van der Waals surface area contributed by atoms with Crippen LogP contribution in [0.4, 0.5) is 4.79 Å². The molecular weight excluding hydrogens is 1260 g/mol. The monoisotopic (exact) mass is 1350 g/mol. The van der Waals surface area contributed by atoms with Crippen LogP contribution in [-0.4, -0.2) is 173 Å². The predicted molar refractivity (Wildman–Crippen MR) is 354 cm³/mol. The molecule has 30 heteroatoms. The first-order valence-electron chi connectivity index (χ1n) is 31.7. The van der Waals surface area contributed by atoms with Crippen LogP contribution in [0, 0.1) is 13.8 Å². The molecule has 7 amide bonds. The molecule has 0 unspecified atom stereocenters. The number of hydrogen-bond donors (Lipinski definition) is 10. The summed E-state index contributed by atoms with van der Waals surface area (Å²) in [5.74, 6) is -8.70. The molecular formula is C67H90N12O18. The Morgan fingerprint density at radius 2 is 1.15 bits per heavy atom. The van der Waals surface area contributed by atoms with Crippen LogP contribution in [0.5, 0.6) is 11.5 Å². The highest BCUT2D eigenvalue weighted by molar-refractivity contribution is 5.98. The highest BCUT2D eigenvalue weighted by atomic mass is 16.6. The van der Waals surface area contributed by atoms with E-state index >= 15 is 0 Å². The molecule has 5 rings (SSSR count). The van der Waals surface area contributed by atoms with Crippen molar-refractivity contribution in [2.45, 2.75) is 176 Å². The summed E-state index contributed by atoms with van der Waals surface area (Å²) in [4.78, 5) is 168. The molecule has 30 nitrogen and oxygen atoms in total. The molecule has 4 heterocycles. The fourth-order valence-corrected chi connectivity index (χ4v) is 9.67. The van der Waals surface area contributed by atoms with Crippen molar-refractivity contribution in [3.05, 3.63) is 127 Å². The summed E-state index contributed by atoms with van der Waals surface area (Å²) in [7, 11) is 0. The molecule has 0 aliphatic rings. The highest BCUT2D eigenvalue weighted by Gasteiger charge is 2.32. The molecule has 1 aromatic carbocycles. The first-order chi connectivity index (χ1) is 45.4. The van der Waals surface area contributed by atoms with Crippen molar-refractivity contribution in [2.24, 2.45) is 0 Å². The van der Waals surface area contributed by atoms with Gasteiger partial charge in [-0.2, -0.15) is 0 Å². The van der Waals surface area contributed by atoms with Crippen molar-refractivity contribution in [1.29, 1.82) is 0 Å². The number of hydrogen-bond acceptors (Lipinski definition) is 20. The Hall–Kier alpha value is -10.3. The minimum Gasteiger partial charge on any atom is -0.502 e. The van der Waals surface area contributed by atoms with E-state index in [4.69, 9.17) is 24.3 Å². The van der Waals surface area contributed by atoms with Crippen LogP contribution in [0.1, 0.15) is 155 Å². The SMILES string of the molecule is CCN(CCNC(=O)c1cc(C)n(CC(=O)O)c(=O)c1O)CCNC(=O)c1cc(C)n(CC(=O)NCc2ccc(C(=O)N[C@@H](Cc3ccc4ccccc4n3)C(=O)NCCCC[C@H](NC(=O)N[C@@H](CCC(=O)OC(C)(C)C)C(=O)OC(C)(C)C)C(=O)OC(C)(C)C)nc2)c(=O)c1O. The molecule has 3 atom stereocenters. The van der Waals surface area contributed by atoms with Gasteiger partial charge in [0.05, 0.1) is 16.6 Å². The van der Waals surface area contributed by atoms with Gasteiger partial charge in [0.25, 0.3) is 28.8 Å². The number of benzene rings is 1. The molecule has 0 saturated heterocycles. The lowest BCUT2D eigenvalue weighted by Gasteiger charge is -2.27. The first kappa shape index (κ1) is 77.4. The first-order valence-corrected chi connectivity index (χ1v) is 31.7. The zero-order chi connectivity index (χ0) is 72.1. The van der Waals surface area contributed by atoms with Crippen molar-refractivity contribution in [3.8, 4) is 11.5 Å². The van der Waals surface area contributed by atoms with E-state index < -0.39 is 130 Å². The van der Waals surface area contributed by atoms with Crippen molar-refractivity contribution in [1.82, 2.24) is 61.2 Å². The summed E-state index contributed by atoms with van der Waals surface area (Å²) in [6, 6.07) is 11.8. The minimum atomic E-state index is -1.30. The number of aryl methyl sites for hydroxylation is 2. The smallest absolute Gasteiger partial charge is 0.329 e. The van der Waals surface area contributed by atoms with Crippen molar-refractivity contribution in [2.75, 3.05) is 39.3 Å². The largest absolute Gasteiger partial charge is 0.502 e. The van der Waals surface area contributed by atoms with Crippen molar-refractivity contribution in [3.63, 3.8) is 0 Å². The number of carboxylic acid groups (broad SMARTS) is 1. The quantitative estimate of drug-likeness (QED) is 0.0168. The molecule has 5 aromatic rings. The number of aromatic hydroxyl groups is 2.